The van der Waals surface area contributed by atoms with E-state index in [9.17, 15) is 15.0 Å². The van der Waals surface area contributed by atoms with Crippen molar-refractivity contribution in [2.24, 2.45) is 0 Å². The van der Waals surface area contributed by atoms with Crippen molar-refractivity contribution in [3.8, 4) is 11.3 Å². The third-order valence-electron chi connectivity index (χ3n) is 7.65. The molecule has 0 spiro atoms. The Morgan fingerprint density at radius 2 is 2.08 bits per heavy atom. The van der Waals surface area contributed by atoms with Gasteiger partial charge in [0, 0.05) is 42.6 Å². The molecule has 210 valence electrons. The molecule has 2 saturated heterocycles. The van der Waals surface area contributed by atoms with Crippen LogP contribution in [0.1, 0.15) is 50.4 Å². The number of hydrogen-bond acceptors (Lipinski definition) is 8. The lowest BCUT2D eigenvalue weighted by atomic mass is 10.0. The molecular formula is C28H35ClFN5O4. The summed E-state index contributed by atoms with van der Waals surface area (Å²) in [4.78, 5) is 24.4. The van der Waals surface area contributed by atoms with Crippen molar-refractivity contribution < 1.29 is 19.3 Å². The zero-order valence-electron chi connectivity index (χ0n) is 22.5. The van der Waals surface area contributed by atoms with Crippen LogP contribution in [-0.2, 0) is 11.3 Å². The van der Waals surface area contributed by atoms with Gasteiger partial charge in [0.1, 0.15) is 5.82 Å². The van der Waals surface area contributed by atoms with Gasteiger partial charge in [-0.3, -0.25) is 9.69 Å². The zero-order chi connectivity index (χ0) is 27.8. The molecule has 2 aliphatic heterocycles. The summed E-state index contributed by atoms with van der Waals surface area (Å²) in [7, 11) is 0. The third kappa shape index (κ3) is 5.67. The SMILES string of the molecule is Cc1c(CN2CCC[C@H](O)C2)n(C(C)C)c2cc(-c3nc(N[C@@H]4CCOC[C@H]4O)ncc3Cl)cc(F)c2c1=O. The number of aliphatic hydroxyl groups excluding tert-OH is 2. The average molecular weight is 560 g/mol. The summed E-state index contributed by atoms with van der Waals surface area (Å²) in [6.07, 6.45) is 2.58. The van der Waals surface area contributed by atoms with Crippen molar-refractivity contribution in [1.82, 2.24) is 19.4 Å². The lowest BCUT2D eigenvalue weighted by Crippen LogP contribution is -2.42. The van der Waals surface area contributed by atoms with Crippen LogP contribution in [0.2, 0.25) is 5.02 Å². The molecule has 4 heterocycles. The Morgan fingerprint density at radius 1 is 1.28 bits per heavy atom. The second-order valence-electron chi connectivity index (χ2n) is 10.8. The van der Waals surface area contributed by atoms with Gasteiger partial charge in [-0.1, -0.05) is 11.6 Å². The second kappa shape index (κ2) is 11.5. The van der Waals surface area contributed by atoms with Crippen molar-refractivity contribution in [2.45, 2.75) is 70.9 Å². The van der Waals surface area contributed by atoms with Crippen molar-refractivity contribution in [3.05, 3.63) is 50.7 Å². The van der Waals surface area contributed by atoms with Gasteiger partial charge in [-0.05, 0) is 58.7 Å². The number of halogens is 2. The standard InChI is InChI=1S/C28H35ClFN5O4/c1-15(2)35-22-10-17(26-19(29)11-31-28(33-26)32-21-6-8-39-14-24(21)37)9-20(30)25(22)27(38)16(3)23(35)13-34-7-4-5-18(36)12-34/h9-11,15,18,21,24,36-37H,4-8,12-14H2,1-3H3,(H,31,32,33)/t18-,21+,24+/m0/s1. The molecule has 2 aromatic heterocycles. The summed E-state index contributed by atoms with van der Waals surface area (Å²) < 4.78 is 23.0. The molecule has 3 aromatic rings. The highest BCUT2D eigenvalue weighted by molar-refractivity contribution is 6.33. The topological polar surface area (TPSA) is 113 Å². The van der Waals surface area contributed by atoms with E-state index in [1.165, 1.54) is 12.3 Å². The highest BCUT2D eigenvalue weighted by Crippen LogP contribution is 2.33. The first-order valence-electron chi connectivity index (χ1n) is 13.5. The number of hydrogen-bond donors (Lipinski definition) is 3. The summed E-state index contributed by atoms with van der Waals surface area (Å²) in [5, 5.41) is 23.8. The van der Waals surface area contributed by atoms with Gasteiger partial charge in [-0.2, -0.15) is 0 Å². The highest BCUT2D eigenvalue weighted by atomic mass is 35.5. The van der Waals surface area contributed by atoms with E-state index in [0.29, 0.717) is 48.5 Å². The summed E-state index contributed by atoms with van der Waals surface area (Å²) in [6, 6.07) is 2.69. The van der Waals surface area contributed by atoms with Crippen molar-refractivity contribution >= 4 is 28.5 Å². The molecule has 5 rings (SSSR count). The molecular weight excluding hydrogens is 525 g/mol. The van der Waals surface area contributed by atoms with E-state index in [1.807, 2.05) is 18.4 Å². The number of likely N-dealkylation sites (tertiary alicyclic amines) is 1. The maximum atomic E-state index is 15.7. The molecule has 0 saturated carbocycles. The molecule has 11 heteroatoms. The largest absolute Gasteiger partial charge is 0.392 e. The van der Waals surface area contributed by atoms with Gasteiger partial charge in [0.25, 0.3) is 0 Å². The number of benzene rings is 1. The third-order valence-corrected chi connectivity index (χ3v) is 7.93. The molecule has 0 bridgehead atoms. The molecule has 3 atom stereocenters. The number of fused-ring (bicyclic) bond motifs is 1. The number of rotatable bonds is 6. The number of anilines is 1. The molecule has 0 unspecified atom stereocenters. The first-order chi connectivity index (χ1) is 18.6. The monoisotopic (exact) mass is 559 g/mol. The summed E-state index contributed by atoms with van der Waals surface area (Å²) in [5.74, 6) is -0.385. The zero-order valence-corrected chi connectivity index (χ0v) is 23.2. The Morgan fingerprint density at radius 3 is 2.79 bits per heavy atom. The Labute approximate surface area is 231 Å². The van der Waals surface area contributed by atoms with Crippen molar-refractivity contribution in [2.75, 3.05) is 31.6 Å². The number of nitrogens with one attached hydrogen (secondary N) is 1. The van der Waals surface area contributed by atoms with Gasteiger partial charge in [0.05, 0.1) is 52.7 Å². The van der Waals surface area contributed by atoms with Crippen LogP contribution in [0.25, 0.3) is 22.2 Å². The van der Waals surface area contributed by atoms with Crippen LogP contribution in [0.15, 0.2) is 23.1 Å². The van der Waals surface area contributed by atoms with E-state index in [1.54, 1.807) is 13.0 Å². The average Bonchev–Trinajstić information content (AvgIpc) is 2.89. The number of ether oxygens (including phenoxy) is 1. The fraction of sp³-hybridized carbons (Fsp3) is 0.536. The van der Waals surface area contributed by atoms with Crippen molar-refractivity contribution in [3.63, 3.8) is 0 Å². The van der Waals surface area contributed by atoms with Gasteiger partial charge in [0.2, 0.25) is 5.95 Å². The van der Waals surface area contributed by atoms with Crippen LogP contribution in [0.4, 0.5) is 10.3 Å². The predicted octanol–water partition coefficient (Wildman–Crippen LogP) is 3.66. The normalized spacial score (nSPS) is 22.5. The Bertz CT molecular complexity index is 1430. The number of nitrogens with zero attached hydrogens (tertiary/aromatic N) is 4. The van der Waals surface area contributed by atoms with Crippen LogP contribution in [0.5, 0.6) is 0 Å². The first kappa shape index (κ1) is 27.9. The lowest BCUT2D eigenvalue weighted by Gasteiger charge is -2.32. The van der Waals surface area contributed by atoms with E-state index in [4.69, 9.17) is 16.3 Å². The molecule has 0 amide bonds. The molecule has 0 aliphatic carbocycles. The fourth-order valence-corrected chi connectivity index (χ4v) is 5.86. The summed E-state index contributed by atoms with van der Waals surface area (Å²) in [6.45, 7) is 8.31. The van der Waals surface area contributed by atoms with E-state index < -0.39 is 18.0 Å². The molecule has 1 aromatic carbocycles. The highest BCUT2D eigenvalue weighted by Gasteiger charge is 2.26. The Kier molecular flexibility index (Phi) is 8.21. The van der Waals surface area contributed by atoms with Crippen LogP contribution in [0.3, 0.4) is 0 Å². The minimum atomic E-state index is -0.706. The van der Waals surface area contributed by atoms with Gasteiger partial charge in [-0.25, -0.2) is 14.4 Å². The maximum absolute atomic E-state index is 15.7. The van der Waals surface area contributed by atoms with Crippen LogP contribution in [0, 0.1) is 12.7 Å². The molecule has 9 nitrogen and oxygen atoms in total. The maximum Gasteiger partial charge on any atom is 0.223 e. The quantitative estimate of drug-likeness (QED) is 0.419. The van der Waals surface area contributed by atoms with E-state index in [2.05, 4.69) is 20.2 Å². The molecule has 2 fully saturated rings. The van der Waals surface area contributed by atoms with Gasteiger partial charge in [-0.15, -0.1) is 0 Å². The minimum Gasteiger partial charge on any atom is -0.392 e. The summed E-state index contributed by atoms with van der Waals surface area (Å²) in [5.41, 5.74) is 2.16. The lowest BCUT2D eigenvalue weighted by molar-refractivity contribution is -0.0136. The van der Waals surface area contributed by atoms with Gasteiger partial charge < -0.3 is 24.8 Å². The number of β-amino-alcohol motifs (C(OH)–C–C–N with tert-alkyl or cyclic N) is 1. The smallest absolute Gasteiger partial charge is 0.223 e. The minimum absolute atomic E-state index is 0.0289. The first-order valence-corrected chi connectivity index (χ1v) is 13.8. The molecule has 3 N–H and O–H groups in total. The predicted molar refractivity (Wildman–Crippen MR) is 149 cm³/mol. The fourth-order valence-electron chi connectivity index (χ4n) is 5.66. The Hall–Kier alpha value is -2.63. The molecule has 2 aliphatic rings. The van der Waals surface area contributed by atoms with Gasteiger partial charge in [0.15, 0.2) is 5.43 Å². The second-order valence-corrected chi connectivity index (χ2v) is 11.2. The number of aromatic nitrogens is 3. The molecule has 0 radical (unpaired) electrons. The molecule has 39 heavy (non-hydrogen) atoms. The van der Waals surface area contributed by atoms with Crippen molar-refractivity contribution in [1.29, 1.82) is 0 Å². The number of pyridine rings is 1. The van der Waals surface area contributed by atoms with E-state index >= 15 is 4.39 Å². The van der Waals surface area contributed by atoms with Gasteiger partial charge >= 0.3 is 0 Å². The summed E-state index contributed by atoms with van der Waals surface area (Å²) >= 11 is 6.49. The van der Waals surface area contributed by atoms with Crippen LogP contribution in [-0.4, -0.2) is 74.2 Å². The van der Waals surface area contributed by atoms with Crippen LogP contribution >= 0.6 is 11.6 Å². The number of piperidine rings is 1. The Balaban J connectivity index is 1.61. The van der Waals surface area contributed by atoms with E-state index in [-0.39, 0.29) is 40.5 Å². The van der Waals surface area contributed by atoms with E-state index in [0.717, 1.165) is 25.1 Å². The number of aliphatic hydroxyl groups is 2. The van der Waals surface area contributed by atoms with Crippen LogP contribution < -0.4 is 10.7 Å².